The highest BCUT2D eigenvalue weighted by molar-refractivity contribution is 5.93. The van der Waals surface area contributed by atoms with Crippen LogP contribution in [0.3, 0.4) is 0 Å². The molecule has 4 N–H and O–H groups in total. The molecule has 0 fully saturated rings. The number of nitrogens with zero attached hydrogens (tertiary/aromatic N) is 3. The van der Waals surface area contributed by atoms with Crippen LogP contribution in [0, 0.1) is 0 Å². The molecule has 88 valence electrons. The molecule has 1 rings (SSSR count). The minimum atomic E-state index is -0.918. The lowest BCUT2D eigenvalue weighted by molar-refractivity contribution is -0.120. The standard InChI is InChI=1S/C8H13N5O3/c1-2-6(14)5-3-13(12-11-5)4-7(15)10-8(9)16/h3,6,14H,2,4H2,1H3,(H3,9,10,15,16). The lowest BCUT2D eigenvalue weighted by Gasteiger charge is -2.01. The van der Waals surface area contributed by atoms with Gasteiger partial charge in [-0.25, -0.2) is 9.48 Å². The van der Waals surface area contributed by atoms with E-state index in [1.54, 1.807) is 6.92 Å². The van der Waals surface area contributed by atoms with E-state index in [-0.39, 0.29) is 6.54 Å². The fraction of sp³-hybridized carbons (Fsp3) is 0.500. The van der Waals surface area contributed by atoms with Crippen molar-refractivity contribution in [3.63, 3.8) is 0 Å². The monoisotopic (exact) mass is 227 g/mol. The molecule has 0 saturated heterocycles. The highest BCUT2D eigenvalue weighted by Gasteiger charge is 2.11. The van der Waals surface area contributed by atoms with Crippen molar-refractivity contribution in [1.29, 1.82) is 0 Å². The number of nitrogens with one attached hydrogen (secondary N) is 1. The summed E-state index contributed by atoms with van der Waals surface area (Å²) in [4.78, 5) is 21.5. The number of rotatable bonds is 4. The van der Waals surface area contributed by atoms with Gasteiger partial charge >= 0.3 is 6.03 Å². The van der Waals surface area contributed by atoms with E-state index in [9.17, 15) is 14.7 Å². The van der Waals surface area contributed by atoms with E-state index in [1.165, 1.54) is 10.9 Å². The molecule has 1 aromatic rings. The van der Waals surface area contributed by atoms with Crippen molar-refractivity contribution in [3.05, 3.63) is 11.9 Å². The Balaban J connectivity index is 2.58. The van der Waals surface area contributed by atoms with Gasteiger partial charge in [-0.2, -0.15) is 0 Å². The van der Waals surface area contributed by atoms with Crippen molar-refractivity contribution in [3.8, 4) is 0 Å². The van der Waals surface area contributed by atoms with E-state index in [1.807, 2.05) is 5.32 Å². The minimum absolute atomic E-state index is 0.174. The number of aliphatic hydroxyl groups excluding tert-OH is 1. The quantitative estimate of drug-likeness (QED) is 0.603. The molecule has 1 atom stereocenters. The van der Waals surface area contributed by atoms with E-state index < -0.39 is 18.0 Å². The van der Waals surface area contributed by atoms with Crippen molar-refractivity contribution in [2.75, 3.05) is 0 Å². The van der Waals surface area contributed by atoms with Gasteiger partial charge in [-0.3, -0.25) is 10.1 Å². The van der Waals surface area contributed by atoms with Gasteiger partial charge in [0, 0.05) is 0 Å². The van der Waals surface area contributed by atoms with Gasteiger partial charge in [0.2, 0.25) is 5.91 Å². The Morgan fingerprint density at radius 3 is 2.94 bits per heavy atom. The van der Waals surface area contributed by atoms with Crippen molar-refractivity contribution >= 4 is 11.9 Å². The highest BCUT2D eigenvalue weighted by atomic mass is 16.3. The topological polar surface area (TPSA) is 123 Å². The third kappa shape index (κ3) is 3.31. The zero-order valence-corrected chi connectivity index (χ0v) is 8.75. The van der Waals surface area contributed by atoms with Crippen LogP contribution in [0.1, 0.15) is 25.1 Å². The molecule has 0 aliphatic rings. The molecule has 0 aromatic carbocycles. The first-order chi connectivity index (χ1) is 7.52. The SMILES string of the molecule is CCC(O)c1cn(CC(=O)NC(N)=O)nn1. The zero-order chi connectivity index (χ0) is 12.1. The van der Waals surface area contributed by atoms with Gasteiger partial charge in [0.15, 0.2) is 0 Å². The Kier molecular flexibility index (Phi) is 3.95. The molecule has 1 aromatic heterocycles. The van der Waals surface area contributed by atoms with Crippen LogP contribution >= 0.6 is 0 Å². The second-order valence-electron chi connectivity index (χ2n) is 3.18. The van der Waals surface area contributed by atoms with Gasteiger partial charge in [0.1, 0.15) is 12.2 Å². The summed E-state index contributed by atoms with van der Waals surface area (Å²) in [5.74, 6) is -0.588. The number of amides is 3. The van der Waals surface area contributed by atoms with Crippen LogP contribution in [-0.4, -0.2) is 32.0 Å². The molecule has 0 saturated carbocycles. The minimum Gasteiger partial charge on any atom is -0.387 e. The molecule has 16 heavy (non-hydrogen) atoms. The summed E-state index contributed by atoms with van der Waals surface area (Å²) in [6, 6.07) is -0.918. The number of hydrogen-bond acceptors (Lipinski definition) is 5. The Morgan fingerprint density at radius 1 is 1.69 bits per heavy atom. The smallest absolute Gasteiger partial charge is 0.318 e. The van der Waals surface area contributed by atoms with Crippen LogP contribution in [0.5, 0.6) is 0 Å². The third-order valence-electron chi connectivity index (χ3n) is 1.85. The van der Waals surface area contributed by atoms with Crippen LogP contribution in [0.4, 0.5) is 4.79 Å². The number of urea groups is 1. The van der Waals surface area contributed by atoms with Gasteiger partial charge in [0.05, 0.1) is 12.3 Å². The molecule has 0 aliphatic carbocycles. The Morgan fingerprint density at radius 2 is 2.38 bits per heavy atom. The first kappa shape index (κ1) is 12.1. The van der Waals surface area contributed by atoms with E-state index in [2.05, 4.69) is 10.3 Å². The molecule has 3 amide bonds. The van der Waals surface area contributed by atoms with Crippen LogP contribution in [-0.2, 0) is 11.3 Å². The predicted octanol–water partition coefficient (Wildman–Crippen LogP) is -1.08. The third-order valence-corrected chi connectivity index (χ3v) is 1.85. The number of carbonyl (C=O) groups excluding carboxylic acids is 2. The average Bonchev–Trinajstić information content (AvgIpc) is 2.63. The molecular formula is C8H13N5O3. The maximum Gasteiger partial charge on any atom is 0.318 e. The number of imide groups is 1. The zero-order valence-electron chi connectivity index (χ0n) is 8.75. The molecule has 8 heteroatoms. The number of carbonyl (C=O) groups is 2. The first-order valence-electron chi connectivity index (χ1n) is 4.70. The molecule has 1 unspecified atom stereocenters. The number of primary amides is 1. The number of aliphatic hydroxyl groups is 1. The van der Waals surface area contributed by atoms with E-state index in [0.29, 0.717) is 12.1 Å². The average molecular weight is 227 g/mol. The largest absolute Gasteiger partial charge is 0.387 e. The number of aromatic nitrogens is 3. The fourth-order valence-corrected chi connectivity index (χ4v) is 1.08. The molecular weight excluding hydrogens is 214 g/mol. The summed E-state index contributed by atoms with van der Waals surface area (Å²) in [5, 5.41) is 18.6. The van der Waals surface area contributed by atoms with E-state index >= 15 is 0 Å². The summed E-state index contributed by atoms with van der Waals surface area (Å²) in [6.45, 7) is 1.62. The van der Waals surface area contributed by atoms with Gasteiger partial charge in [-0.1, -0.05) is 12.1 Å². The summed E-state index contributed by atoms with van der Waals surface area (Å²) in [6.07, 6.45) is 1.24. The van der Waals surface area contributed by atoms with Gasteiger partial charge in [-0.05, 0) is 6.42 Å². The van der Waals surface area contributed by atoms with Crippen LogP contribution in [0.25, 0.3) is 0 Å². The van der Waals surface area contributed by atoms with Crippen LogP contribution in [0.15, 0.2) is 6.20 Å². The second kappa shape index (κ2) is 5.21. The predicted molar refractivity (Wildman–Crippen MR) is 53.0 cm³/mol. The maximum atomic E-state index is 11.1. The Labute approximate surface area is 91.4 Å². The first-order valence-corrected chi connectivity index (χ1v) is 4.70. The van der Waals surface area contributed by atoms with Crippen LogP contribution < -0.4 is 11.1 Å². The molecule has 0 radical (unpaired) electrons. The summed E-state index contributed by atoms with van der Waals surface area (Å²) in [7, 11) is 0. The summed E-state index contributed by atoms with van der Waals surface area (Å²) < 4.78 is 1.21. The lowest BCUT2D eigenvalue weighted by atomic mass is 10.2. The molecule has 0 spiro atoms. The molecule has 1 heterocycles. The van der Waals surface area contributed by atoms with Crippen molar-refractivity contribution in [1.82, 2.24) is 20.3 Å². The fourth-order valence-electron chi connectivity index (χ4n) is 1.08. The number of nitrogens with two attached hydrogens (primary N) is 1. The highest BCUT2D eigenvalue weighted by Crippen LogP contribution is 2.11. The van der Waals surface area contributed by atoms with Gasteiger partial charge in [0.25, 0.3) is 0 Å². The normalized spacial score (nSPS) is 12.1. The molecule has 8 nitrogen and oxygen atoms in total. The van der Waals surface area contributed by atoms with E-state index in [0.717, 1.165) is 0 Å². The molecule has 0 bridgehead atoms. The summed E-state index contributed by atoms with van der Waals surface area (Å²) >= 11 is 0. The van der Waals surface area contributed by atoms with Crippen molar-refractivity contribution < 1.29 is 14.7 Å². The number of hydrogen-bond donors (Lipinski definition) is 3. The molecule has 0 aliphatic heterocycles. The maximum absolute atomic E-state index is 11.1. The second-order valence-corrected chi connectivity index (χ2v) is 3.18. The van der Waals surface area contributed by atoms with Crippen LogP contribution in [0.2, 0.25) is 0 Å². The summed E-state index contributed by atoms with van der Waals surface area (Å²) in [5.41, 5.74) is 5.15. The van der Waals surface area contributed by atoms with Gasteiger partial charge in [-0.15, -0.1) is 5.10 Å². The van der Waals surface area contributed by atoms with E-state index in [4.69, 9.17) is 5.73 Å². The van der Waals surface area contributed by atoms with Gasteiger partial charge < -0.3 is 10.8 Å². The Bertz CT molecular complexity index is 389. The Hall–Kier alpha value is -1.96. The van der Waals surface area contributed by atoms with Crippen molar-refractivity contribution in [2.24, 2.45) is 5.73 Å². The lowest BCUT2D eigenvalue weighted by Crippen LogP contribution is -2.37. The van der Waals surface area contributed by atoms with Crippen molar-refractivity contribution in [2.45, 2.75) is 26.0 Å².